The van der Waals surface area contributed by atoms with Gasteiger partial charge in [0.1, 0.15) is 0 Å². The summed E-state index contributed by atoms with van der Waals surface area (Å²) in [5.74, 6) is 0. The lowest BCUT2D eigenvalue weighted by molar-refractivity contribution is 0.278. The Kier molecular flexibility index (Phi) is 4.22. The maximum Gasteiger partial charge on any atom is -0.00141 e. The maximum absolute atomic E-state index is 6.06. The van der Waals surface area contributed by atoms with Crippen LogP contribution in [0.1, 0.15) is 50.2 Å². The highest BCUT2D eigenvalue weighted by Gasteiger charge is 2.34. The normalized spacial score (nSPS) is 17.1. The van der Waals surface area contributed by atoms with Gasteiger partial charge in [0, 0.05) is 0 Å². The molecule has 0 unspecified atom stereocenters. The molecule has 0 heterocycles. The first-order chi connectivity index (χ1) is 8.29. The van der Waals surface area contributed by atoms with Gasteiger partial charge in [-0.15, -0.1) is 0 Å². The van der Waals surface area contributed by atoms with Crippen molar-refractivity contribution in [2.75, 3.05) is 6.54 Å². The number of unbranched alkanes of at least 4 members (excludes halogenated alkanes) is 3. The van der Waals surface area contributed by atoms with Gasteiger partial charge in [0.2, 0.25) is 0 Å². The predicted molar refractivity (Wildman–Crippen MR) is 74.1 cm³/mol. The van der Waals surface area contributed by atoms with E-state index in [0.29, 0.717) is 5.41 Å². The first-order valence-corrected chi connectivity index (χ1v) is 7.06. The van der Waals surface area contributed by atoms with Gasteiger partial charge in [0.15, 0.2) is 0 Å². The molecule has 2 N–H and O–H groups in total. The molecule has 0 aromatic heterocycles. The lowest BCUT2D eigenvalue weighted by atomic mass is 9.80. The molecule has 17 heavy (non-hydrogen) atoms. The van der Waals surface area contributed by atoms with Crippen molar-refractivity contribution in [3.05, 3.63) is 35.4 Å². The molecule has 2 rings (SSSR count). The Hall–Kier alpha value is -0.820. The van der Waals surface area contributed by atoms with Gasteiger partial charge in [0.25, 0.3) is 0 Å². The summed E-state index contributed by atoms with van der Waals surface area (Å²) in [6.45, 7) is 3.11. The Morgan fingerprint density at radius 2 is 1.71 bits per heavy atom. The summed E-state index contributed by atoms with van der Waals surface area (Å²) in [6.07, 6.45) is 9.10. The molecule has 1 aliphatic rings. The zero-order valence-electron chi connectivity index (χ0n) is 11.0. The topological polar surface area (TPSA) is 26.0 Å². The van der Waals surface area contributed by atoms with Gasteiger partial charge in [-0.2, -0.15) is 0 Å². The van der Waals surface area contributed by atoms with E-state index >= 15 is 0 Å². The Labute approximate surface area is 105 Å². The van der Waals surface area contributed by atoms with E-state index in [1.807, 2.05) is 0 Å². The third-order valence-corrected chi connectivity index (χ3v) is 4.24. The molecular weight excluding hydrogens is 206 g/mol. The van der Waals surface area contributed by atoms with Crippen LogP contribution in [-0.4, -0.2) is 6.54 Å². The average molecular weight is 231 g/mol. The van der Waals surface area contributed by atoms with Crippen molar-refractivity contribution in [3.63, 3.8) is 0 Å². The van der Waals surface area contributed by atoms with E-state index in [9.17, 15) is 0 Å². The van der Waals surface area contributed by atoms with Crippen molar-refractivity contribution in [1.29, 1.82) is 0 Å². The molecule has 0 bridgehead atoms. The van der Waals surface area contributed by atoms with Crippen LogP contribution in [0.25, 0.3) is 0 Å². The van der Waals surface area contributed by atoms with Crippen LogP contribution < -0.4 is 5.73 Å². The Balaban J connectivity index is 1.95. The minimum Gasteiger partial charge on any atom is -0.330 e. The number of hydrogen-bond acceptors (Lipinski definition) is 1. The first-order valence-electron chi connectivity index (χ1n) is 7.06. The van der Waals surface area contributed by atoms with E-state index in [1.165, 1.54) is 56.1 Å². The van der Waals surface area contributed by atoms with Crippen molar-refractivity contribution in [3.8, 4) is 0 Å². The summed E-state index contributed by atoms with van der Waals surface area (Å²) in [6, 6.07) is 8.86. The highest BCUT2D eigenvalue weighted by Crippen LogP contribution is 2.40. The van der Waals surface area contributed by atoms with E-state index in [-0.39, 0.29) is 0 Å². The zero-order valence-corrected chi connectivity index (χ0v) is 11.0. The van der Waals surface area contributed by atoms with Gasteiger partial charge < -0.3 is 5.73 Å². The van der Waals surface area contributed by atoms with Gasteiger partial charge in [0.05, 0.1) is 0 Å². The van der Waals surface area contributed by atoms with E-state index in [2.05, 4.69) is 31.2 Å². The number of benzene rings is 1. The molecular formula is C16H25N. The van der Waals surface area contributed by atoms with Gasteiger partial charge in [-0.25, -0.2) is 0 Å². The maximum atomic E-state index is 6.06. The number of nitrogens with two attached hydrogens (primary N) is 1. The molecule has 1 aromatic rings. The number of rotatable bonds is 6. The second-order valence-corrected chi connectivity index (χ2v) is 5.64. The van der Waals surface area contributed by atoms with Gasteiger partial charge in [-0.3, -0.25) is 0 Å². The molecule has 0 saturated carbocycles. The monoisotopic (exact) mass is 231 g/mol. The molecule has 0 amide bonds. The summed E-state index contributed by atoms with van der Waals surface area (Å²) >= 11 is 0. The predicted octanol–water partition coefficient (Wildman–Crippen LogP) is 3.70. The van der Waals surface area contributed by atoms with Crippen LogP contribution in [-0.2, 0) is 12.8 Å². The molecule has 94 valence electrons. The summed E-state index contributed by atoms with van der Waals surface area (Å²) < 4.78 is 0. The van der Waals surface area contributed by atoms with E-state index < -0.39 is 0 Å². The van der Waals surface area contributed by atoms with Gasteiger partial charge in [-0.1, -0.05) is 56.9 Å². The van der Waals surface area contributed by atoms with Crippen molar-refractivity contribution >= 4 is 0 Å². The van der Waals surface area contributed by atoms with E-state index in [1.54, 1.807) is 0 Å². The van der Waals surface area contributed by atoms with Gasteiger partial charge >= 0.3 is 0 Å². The van der Waals surface area contributed by atoms with Gasteiger partial charge in [-0.05, 0) is 42.3 Å². The molecule has 0 aliphatic heterocycles. The van der Waals surface area contributed by atoms with E-state index in [4.69, 9.17) is 5.73 Å². The van der Waals surface area contributed by atoms with Crippen molar-refractivity contribution in [1.82, 2.24) is 0 Å². The quantitative estimate of drug-likeness (QED) is 0.742. The molecule has 0 atom stereocenters. The van der Waals surface area contributed by atoms with Crippen LogP contribution in [0.4, 0.5) is 0 Å². The number of hydrogen-bond donors (Lipinski definition) is 1. The van der Waals surface area contributed by atoms with Crippen LogP contribution in [0.2, 0.25) is 0 Å². The van der Waals surface area contributed by atoms with Crippen LogP contribution in [0.5, 0.6) is 0 Å². The lowest BCUT2D eigenvalue weighted by Crippen LogP contribution is -2.31. The highest BCUT2D eigenvalue weighted by molar-refractivity contribution is 5.34. The summed E-state index contributed by atoms with van der Waals surface area (Å²) in [5.41, 5.74) is 9.51. The fourth-order valence-electron chi connectivity index (χ4n) is 3.12. The van der Waals surface area contributed by atoms with Crippen LogP contribution in [0, 0.1) is 5.41 Å². The molecule has 0 saturated heterocycles. The minimum atomic E-state index is 0.372. The molecule has 1 nitrogen and oxygen atoms in total. The fourth-order valence-corrected chi connectivity index (χ4v) is 3.12. The lowest BCUT2D eigenvalue weighted by Gasteiger charge is -2.27. The second kappa shape index (κ2) is 5.68. The summed E-state index contributed by atoms with van der Waals surface area (Å²) in [5, 5.41) is 0. The Bertz CT molecular complexity index is 331. The molecule has 0 fully saturated rings. The smallest absolute Gasteiger partial charge is 0.00141 e. The Morgan fingerprint density at radius 3 is 2.24 bits per heavy atom. The SMILES string of the molecule is CCCCCCC1(CN)Cc2ccccc2C1. The average Bonchev–Trinajstić information content (AvgIpc) is 2.74. The highest BCUT2D eigenvalue weighted by atomic mass is 14.6. The Morgan fingerprint density at radius 1 is 1.06 bits per heavy atom. The third-order valence-electron chi connectivity index (χ3n) is 4.24. The van der Waals surface area contributed by atoms with Crippen LogP contribution in [0.3, 0.4) is 0 Å². The zero-order chi connectivity index (χ0) is 12.1. The molecule has 0 radical (unpaired) electrons. The minimum absolute atomic E-state index is 0.372. The second-order valence-electron chi connectivity index (χ2n) is 5.64. The third kappa shape index (κ3) is 2.90. The van der Waals surface area contributed by atoms with Crippen LogP contribution in [0.15, 0.2) is 24.3 Å². The van der Waals surface area contributed by atoms with Crippen molar-refractivity contribution < 1.29 is 0 Å². The van der Waals surface area contributed by atoms with E-state index in [0.717, 1.165) is 6.54 Å². The summed E-state index contributed by atoms with van der Waals surface area (Å²) in [7, 11) is 0. The molecule has 1 aromatic carbocycles. The van der Waals surface area contributed by atoms with Crippen LogP contribution >= 0.6 is 0 Å². The molecule has 1 aliphatic carbocycles. The first kappa shape index (κ1) is 12.6. The standard InChI is InChI=1S/C16H25N/c1-2-3-4-7-10-16(13-17)11-14-8-5-6-9-15(14)12-16/h5-6,8-9H,2-4,7,10-13,17H2,1H3. The summed E-state index contributed by atoms with van der Waals surface area (Å²) in [4.78, 5) is 0. The molecule has 0 spiro atoms. The van der Waals surface area contributed by atoms with Crippen molar-refractivity contribution in [2.24, 2.45) is 11.1 Å². The molecule has 1 heteroatoms. The number of fused-ring (bicyclic) bond motifs is 1. The largest absolute Gasteiger partial charge is 0.330 e. The van der Waals surface area contributed by atoms with Crippen molar-refractivity contribution in [2.45, 2.75) is 51.9 Å². The fraction of sp³-hybridized carbons (Fsp3) is 0.625.